The van der Waals surface area contributed by atoms with Crippen molar-refractivity contribution < 1.29 is 0 Å². The van der Waals surface area contributed by atoms with E-state index in [4.69, 9.17) is 0 Å². The lowest BCUT2D eigenvalue weighted by Gasteiger charge is -2.23. The quantitative estimate of drug-likeness (QED) is 0.894. The van der Waals surface area contributed by atoms with E-state index >= 15 is 0 Å². The first kappa shape index (κ1) is 13.9. The van der Waals surface area contributed by atoms with Crippen molar-refractivity contribution in [3.63, 3.8) is 0 Å². The smallest absolute Gasteiger partial charge is 0.330 e. The van der Waals surface area contributed by atoms with E-state index in [9.17, 15) is 9.59 Å². The molecule has 0 atom stereocenters. The van der Waals surface area contributed by atoms with Gasteiger partial charge in [0.1, 0.15) is 0 Å². The number of H-pyrrole nitrogens is 1. The van der Waals surface area contributed by atoms with E-state index in [1.54, 1.807) is 16.2 Å². The van der Waals surface area contributed by atoms with E-state index in [-0.39, 0.29) is 17.3 Å². The van der Waals surface area contributed by atoms with Gasteiger partial charge in [-0.25, -0.2) is 4.79 Å². The van der Waals surface area contributed by atoms with Crippen LogP contribution in [0.5, 0.6) is 0 Å². The average Bonchev–Trinajstić information content (AvgIpc) is 2.78. The van der Waals surface area contributed by atoms with Gasteiger partial charge in [0.2, 0.25) is 5.95 Å². The molecule has 1 saturated carbocycles. The second-order valence-corrected chi connectivity index (χ2v) is 5.62. The van der Waals surface area contributed by atoms with Gasteiger partial charge in [0.25, 0.3) is 5.56 Å². The minimum atomic E-state index is -0.374. The second-order valence-electron chi connectivity index (χ2n) is 5.62. The molecule has 0 aliphatic heterocycles. The van der Waals surface area contributed by atoms with Crippen molar-refractivity contribution in [3.8, 4) is 0 Å². The topological polar surface area (TPSA) is 84.7 Å². The fourth-order valence-corrected chi connectivity index (χ4v) is 3.21. The SMILES string of the molecule is CCNc1nc2c(c(=O)[nH]c(=O)n2C2CCCCC2)n1C. The summed E-state index contributed by atoms with van der Waals surface area (Å²) >= 11 is 0. The predicted octanol–water partition coefficient (Wildman–Crippen LogP) is 1.36. The minimum absolute atomic E-state index is 0.134. The fourth-order valence-electron chi connectivity index (χ4n) is 3.21. The third kappa shape index (κ3) is 2.26. The Labute approximate surface area is 122 Å². The van der Waals surface area contributed by atoms with Gasteiger partial charge < -0.3 is 9.88 Å². The van der Waals surface area contributed by atoms with Crippen molar-refractivity contribution in [1.82, 2.24) is 19.1 Å². The standard InChI is InChI=1S/C14H21N5O2/c1-3-15-13-16-11-10(18(13)2)12(20)17-14(21)19(11)9-7-5-4-6-8-9/h9H,3-8H2,1-2H3,(H,15,16)(H,17,20,21). The van der Waals surface area contributed by atoms with Gasteiger partial charge in [0, 0.05) is 19.6 Å². The first-order valence-electron chi connectivity index (χ1n) is 7.58. The number of aryl methyl sites for hydroxylation is 1. The Hall–Kier alpha value is -2.05. The Morgan fingerprint density at radius 3 is 2.67 bits per heavy atom. The zero-order valence-electron chi connectivity index (χ0n) is 12.5. The molecule has 7 heteroatoms. The van der Waals surface area contributed by atoms with Crippen molar-refractivity contribution in [3.05, 3.63) is 20.8 Å². The lowest BCUT2D eigenvalue weighted by molar-refractivity contribution is 0.349. The van der Waals surface area contributed by atoms with E-state index in [1.165, 1.54) is 6.42 Å². The first-order valence-corrected chi connectivity index (χ1v) is 7.58. The molecule has 0 spiro atoms. The maximum absolute atomic E-state index is 12.3. The van der Waals surface area contributed by atoms with Crippen molar-refractivity contribution in [2.24, 2.45) is 7.05 Å². The molecule has 2 N–H and O–H groups in total. The molecule has 2 aromatic heterocycles. The lowest BCUT2D eigenvalue weighted by atomic mass is 9.95. The molecular formula is C14H21N5O2. The normalized spacial score (nSPS) is 16.5. The molecule has 0 saturated heterocycles. The molecule has 1 aliphatic carbocycles. The van der Waals surface area contributed by atoms with Crippen LogP contribution in [0, 0.1) is 0 Å². The molecule has 0 bridgehead atoms. The van der Waals surface area contributed by atoms with Gasteiger partial charge in [-0.1, -0.05) is 19.3 Å². The predicted molar refractivity (Wildman–Crippen MR) is 81.9 cm³/mol. The highest BCUT2D eigenvalue weighted by atomic mass is 16.2. The van der Waals surface area contributed by atoms with Crippen LogP contribution in [0.3, 0.4) is 0 Å². The van der Waals surface area contributed by atoms with Crippen LogP contribution < -0.4 is 16.6 Å². The molecule has 114 valence electrons. The van der Waals surface area contributed by atoms with Crippen LogP contribution in [0.15, 0.2) is 9.59 Å². The third-order valence-electron chi connectivity index (χ3n) is 4.23. The molecule has 0 radical (unpaired) electrons. The van der Waals surface area contributed by atoms with Crippen LogP contribution in [0.1, 0.15) is 45.1 Å². The Morgan fingerprint density at radius 2 is 2.00 bits per heavy atom. The number of hydrogen-bond acceptors (Lipinski definition) is 4. The van der Waals surface area contributed by atoms with Gasteiger partial charge in [0.05, 0.1) is 0 Å². The fraction of sp³-hybridized carbons (Fsp3) is 0.643. The molecule has 0 unspecified atom stereocenters. The molecule has 21 heavy (non-hydrogen) atoms. The van der Waals surface area contributed by atoms with Gasteiger partial charge in [0.15, 0.2) is 11.2 Å². The molecule has 7 nitrogen and oxygen atoms in total. The summed E-state index contributed by atoms with van der Waals surface area (Å²) in [4.78, 5) is 31.3. The van der Waals surface area contributed by atoms with Gasteiger partial charge in [-0.3, -0.25) is 14.3 Å². The number of nitrogens with zero attached hydrogens (tertiary/aromatic N) is 3. The highest BCUT2D eigenvalue weighted by molar-refractivity contribution is 5.74. The number of rotatable bonds is 3. The maximum Gasteiger partial charge on any atom is 0.330 e. The summed E-state index contributed by atoms with van der Waals surface area (Å²) in [5, 5.41) is 3.13. The van der Waals surface area contributed by atoms with Crippen molar-refractivity contribution in [2.75, 3.05) is 11.9 Å². The Balaban J connectivity index is 2.25. The molecule has 0 aromatic carbocycles. The lowest BCUT2D eigenvalue weighted by Crippen LogP contribution is -2.34. The van der Waals surface area contributed by atoms with Crippen molar-refractivity contribution in [2.45, 2.75) is 45.1 Å². The first-order chi connectivity index (χ1) is 10.1. The minimum Gasteiger partial charge on any atom is -0.356 e. The van der Waals surface area contributed by atoms with Crippen molar-refractivity contribution >= 4 is 17.1 Å². The van der Waals surface area contributed by atoms with E-state index in [1.807, 2.05) is 6.92 Å². The monoisotopic (exact) mass is 291 g/mol. The third-order valence-corrected chi connectivity index (χ3v) is 4.23. The Kier molecular flexibility index (Phi) is 3.57. The number of fused-ring (bicyclic) bond motifs is 1. The Bertz CT molecular complexity index is 764. The van der Waals surface area contributed by atoms with E-state index in [0.29, 0.717) is 23.7 Å². The van der Waals surface area contributed by atoms with E-state index < -0.39 is 0 Å². The van der Waals surface area contributed by atoms with Gasteiger partial charge in [-0.15, -0.1) is 0 Å². The number of anilines is 1. The van der Waals surface area contributed by atoms with Gasteiger partial charge in [-0.2, -0.15) is 4.98 Å². The summed E-state index contributed by atoms with van der Waals surface area (Å²) in [5.41, 5.74) is 0.229. The number of aromatic nitrogens is 4. The van der Waals surface area contributed by atoms with Gasteiger partial charge >= 0.3 is 5.69 Å². The van der Waals surface area contributed by atoms with Crippen LogP contribution in [0.2, 0.25) is 0 Å². The molecule has 1 fully saturated rings. The Morgan fingerprint density at radius 1 is 1.29 bits per heavy atom. The van der Waals surface area contributed by atoms with Crippen molar-refractivity contribution in [1.29, 1.82) is 0 Å². The van der Waals surface area contributed by atoms with Crippen LogP contribution >= 0.6 is 0 Å². The van der Waals surface area contributed by atoms with Crippen LogP contribution in [0.4, 0.5) is 5.95 Å². The summed E-state index contributed by atoms with van der Waals surface area (Å²) in [7, 11) is 1.79. The second kappa shape index (κ2) is 5.38. The summed E-state index contributed by atoms with van der Waals surface area (Å²) in [6, 6.07) is 0.134. The van der Waals surface area contributed by atoms with Crippen LogP contribution in [0.25, 0.3) is 11.2 Å². The summed E-state index contributed by atoms with van der Waals surface area (Å²) in [6.45, 7) is 2.68. The molecule has 2 aromatic rings. The molecular weight excluding hydrogens is 270 g/mol. The summed E-state index contributed by atoms with van der Waals surface area (Å²) in [6.07, 6.45) is 5.38. The summed E-state index contributed by atoms with van der Waals surface area (Å²) < 4.78 is 3.40. The maximum atomic E-state index is 12.3. The number of nitrogens with one attached hydrogen (secondary N) is 2. The van der Waals surface area contributed by atoms with E-state index in [2.05, 4.69) is 15.3 Å². The molecule has 2 heterocycles. The highest BCUT2D eigenvalue weighted by Gasteiger charge is 2.23. The zero-order chi connectivity index (χ0) is 15.0. The zero-order valence-corrected chi connectivity index (χ0v) is 12.5. The number of aromatic amines is 1. The molecule has 1 aliphatic rings. The van der Waals surface area contributed by atoms with Gasteiger partial charge in [-0.05, 0) is 19.8 Å². The van der Waals surface area contributed by atoms with E-state index in [0.717, 1.165) is 25.7 Å². The highest BCUT2D eigenvalue weighted by Crippen LogP contribution is 2.28. The largest absolute Gasteiger partial charge is 0.356 e. The van der Waals surface area contributed by atoms with Crippen LogP contribution in [-0.4, -0.2) is 25.6 Å². The number of hydrogen-bond donors (Lipinski definition) is 2. The molecule has 0 amide bonds. The average molecular weight is 291 g/mol. The molecule has 3 rings (SSSR count). The summed E-state index contributed by atoms with van der Waals surface area (Å²) in [5.74, 6) is 0.619. The number of imidazole rings is 1. The van der Waals surface area contributed by atoms with Crippen LogP contribution in [-0.2, 0) is 7.05 Å².